The SMILES string of the molecule is Cc1ccc(C)c(C(C)C(O)C(C)C)c1. The summed E-state index contributed by atoms with van der Waals surface area (Å²) in [4.78, 5) is 0. The highest BCUT2D eigenvalue weighted by atomic mass is 16.3. The highest BCUT2D eigenvalue weighted by Gasteiger charge is 2.20. The first kappa shape index (κ1) is 12.3. The molecule has 1 rings (SSSR count). The van der Waals surface area contributed by atoms with Gasteiger partial charge in [-0.15, -0.1) is 0 Å². The third kappa shape index (κ3) is 2.82. The van der Waals surface area contributed by atoms with Crippen molar-refractivity contribution in [3.8, 4) is 0 Å². The van der Waals surface area contributed by atoms with Gasteiger partial charge in [-0.3, -0.25) is 0 Å². The largest absolute Gasteiger partial charge is 0.392 e. The second-order valence-corrected chi connectivity index (χ2v) is 4.88. The molecule has 1 aromatic rings. The number of aliphatic hydroxyl groups excluding tert-OH is 1. The van der Waals surface area contributed by atoms with Crippen molar-refractivity contribution in [2.75, 3.05) is 0 Å². The van der Waals surface area contributed by atoms with Gasteiger partial charge < -0.3 is 5.11 Å². The number of rotatable bonds is 3. The van der Waals surface area contributed by atoms with Crippen molar-refractivity contribution in [2.45, 2.75) is 46.6 Å². The standard InChI is InChI=1S/C14H22O/c1-9(2)14(15)12(5)13-8-10(3)6-7-11(13)4/h6-9,12,14-15H,1-5H3. The summed E-state index contributed by atoms with van der Waals surface area (Å²) < 4.78 is 0. The molecule has 0 spiro atoms. The van der Waals surface area contributed by atoms with Crippen molar-refractivity contribution >= 4 is 0 Å². The van der Waals surface area contributed by atoms with Crippen molar-refractivity contribution in [1.29, 1.82) is 0 Å². The minimum Gasteiger partial charge on any atom is -0.392 e. The van der Waals surface area contributed by atoms with E-state index in [-0.39, 0.29) is 12.0 Å². The highest BCUT2D eigenvalue weighted by Crippen LogP contribution is 2.27. The van der Waals surface area contributed by atoms with Crippen molar-refractivity contribution in [3.05, 3.63) is 34.9 Å². The van der Waals surface area contributed by atoms with Crippen LogP contribution in [0.25, 0.3) is 0 Å². The monoisotopic (exact) mass is 206 g/mol. The van der Waals surface area contributed by atoms with Gasteiger partial charge in [0.25, 0.3) is 0 Å². The van der Waals surface area contributed by atoms with Crippen LogP contribution in [0.5, 0.6) is 0 Å². The van der Waals surface area contributed by atoms with E-state index in [0.717, 1.165) is 0 Å². The van der Waals surface area contributed by atoms with E-state index < -0.39 is 0 Å². The molecule has 0 radical (unpaired) electrons. The Morgan fingerprint density at radius 1 is 1.07 bits per heavy atom. The average molecular weight is 206 g/mol. The van der Waals surface area contributed by atoms with Crippen LogP contribution < -0.4 is 0 Å². The molecule has 15 heavy (non-hydrogen) atoms. The first-order valence-electron chi connectivity index (χ1n) is 5.68. The molecule has 0 fully saturated rings. The van der Waals surface area contributed by atoms with E-state index in [9.17, 15) is 5.11 Å². The quantitative estimate of drug-likeness (QED) is 0.803. The normalized spacial score (nSPS) is 15.4. The van der Waals surface area contributed by atoms with Gasteiger partial charge in [0.15, 0.2) is 0 Å². The summed E-state index contributed by atoms with van der Waals surface area (Å²) in [5.41, 5.74) is 3.81. The summed E-state index contributed by atoms with van der Waals surface area (Å²) in [7, 11) is 0. The number of hydrogen-bond donors (Lipinski definition) is 1. The molecule has 84 valence electrons. The molecule has 2 unspecified atom stereocenters. The first-order chi connectivity index (χ1) is 6.93. The minimum atomic E-state index is -0.259. The number of benzene rings is 1. The van der Waals surface area contributed by atoms with Crippen LogP contribution in [0.4, 0.5) is 0 Å². The van der Waals surface area contributed by atoms with Crippen LogP contribution in [0.2, 0.25) is 0 Å². The maximum atomic E-state index is 10.1. The number of hydrogen-bond acceptors (Lipinski definition) is 1. The number of aryl methyl sites for hydroxylation is 2. The Hall–Kier alpha value is -0.820. The van der Waals surface area contributed by atoms with E-state index >= 15 is 0 Å². The predicted octanol–water partition coefficient (Wildman–Crippen LogP) is 3.42. The molecule has 0 aliphatic heterocycles. The topological polar surface area (TPSA) is 20.2 Å². The summed E-state index contributed by atoms with van der Waals surface area (Å²) in [6.07, 6.45) is -0.259. The zero-order chi connectivity index (χ0) is 11.6. The van der Waals surface area contributed by atoms with Crippen LogP contribution in [-0.2, 0) is 0 Å². The zero-order valence-electron chi connectivity index (χ0n) is 10.4. The molecule has 0 aliphatic rings. The van der Waals surface area contributed by atoms with Gasteiger partial charge in [0.2, 0.25) is 0 Å². The summed E-state index contributed by atoms with van der Waals surface area (Å²) in [6, 6.07) is 6.44. The smallest absolute Gasteiger partial charge is 0.0629 e. The summed E-state index contributed by atoms with van der Waals surface area (Å²) in [5.74, 6) is 0.518. The summed E-state index contributed by atoms with van der Waals surface area (Å²) >= 11 is 0. The molecule has 2 atom stereocenters. The maximum absolute atomic E-state index is 10.1. The lowest BCUT2D eigenvalue weighted by Crippen LogP contribution is -2.22. The van der Waals surface area contributed by atoms with Crippen LogP contribution in [0, 0.1) is 19.8 Å². The number of aliphatic hydroxyl groups is 1. The molecule has 1 nitrogen and oxygen atoms in total. The van der Waals surface area contributed by atoms with Crippen molar-refractivity contribution in [2.24, 2.45) is 5.92 Å². The molecule has 0 saturated heterocycles. The van der Waals surface area contributed by atoms with Gasteiger partial charge in [-0.2, -0.15) is 0 Å². The molecule has 1 N–H and O–H groups in total. The van der Waals surface area contributed by atoms with Crippen LogP contribution in [-0.4, -0.2) is 11.2 Å². The molecule has 1 aromatic carbocycles. The van der Waals surface area contributed by atoms with Gasteiger partial charge in [-0.25, -0.2) is 0 Å². The van der Waals surface area contributed by atoms with Crippen molar-refractivity contribution in [1.82, 2.24) is 0 Å². The lowest BCUT2D eigenvalue weighted by Gasteiger charge is -2.24. The fraction of sp³-hybridized carbons (Fsp3) is 0.571. The Kier molecular flexibility index (Phi) is 3.92. The Bertz CT molecular complexity index is 328. The van der Waals surface area contributed by atoms with E-state index in [1.54, 1.807) is 0 Å². The van der Waals surface area contributed by atoms with Crippen LogP contribution in [0.15, 0.2) is 18.2 Å². The minimum absolute atomic E-state index is 0.213. The summed E-state index contributed by atoms with van der Waals surface area (Å²) in [5, 5.41) is 10.1. The predicted molar refractivity (Wildman–Crippen MR) is 65.2 cm³/mol. The van der Waals surface area contributed by atoms with Crippen LogP contribution in [0.1, 0.15) is 43.4 Å². The average Bonchev–Trinajstić information content (AvgIpc) is 2.19. The van der Waals surface area contributed by atoms with Crippen LogP contribution >= 0.6 is 0 Å². The highest BCUT2D eigenvalue weighted by molar-refractivity contribution is 5.33. The molecule has 0 aromatic heterocycles. The van der Waals surface area contributed by atoms with Crippen molar-refractivity contribution in [3.63, 3.8) is 0 Å². The van der Waals surface area contributed by atoms with Gasteiger partial charge in [0.05, 0.1) is 6.10 Å². The Labute approximate surface area is 93.1 Å². The Morgan fingerprint density at radius 2 is 1.67 bits per heavy atom. The van der Waals surface area contributed by atoms with E-state index in [1.807, 2.05) is 0 Å². The van der Waals surface area contributed by atoms with Gasteiger partial charge in [-0.05, 0) is 30.9 Å². The van der Waals surface area contributed by atoms with Crippen LogP contribution in [0.3, 0.4) is 0 Å². The summed E-state index contributed by atoms with van der Waals surface area (Å²) in [6.45, 7) is 10.4. The fourth-order valence-corrected chi connectivity index (χ4v) is 2.01. The molecule has 0 saturated carbocycles. The van der Waals surface area contributed by atoms with Gasteiger partial charge >= 0.3 is 0 Å². The lowest BCUT2D eigenvalue weighted by molar-refractivity contribution is 0.102. The van der Waals surface area contributed by atoms with E-state index in [4.69, 9.17) is 0 Å². The molecule has 0 bridgehead atoms. The molecular formula is C14H22O. The van der Waals surface area contributed by atoms with Crippen molar-refractivity contribution < 1.29 is 5.11 Å². The Morgan fingerprint density at radius 3 is 2.20 bits per heavy atom. The molecular weight excluding hydrogens is 184 g/mol. The zero-order valence-corrected chi connectivity index (χ0v) is 10.4. The molecule has 0 aliphatic carbocycles. The lowest BCUT2D eigenvalue weighted by atomic mass is 9.86. The Balaban J connectivity index is 2.99. The third-order valence-corrected chi connectivity index (χ3v) is 3.12. The second-order valence-electron chi connectivity index (χ2n) is 4.88. The van der Waals surface area contributed by atoms with Gasteiger partial charge in [0, 0.05) is 5.92 Å². The first-order valence-corrected chi connectivity index (χ1v) is 5.68. The molecule has 0 heterocycles. The van der Waals surface area contributed by atoms with E-state index in [2.05, 4.69) is 52.8 Å². The molecule has 1 heteroatoms. The second kappa shape index (κ2) is 4.80. The molecule has 0 amide bonds. The maximum Gasteiger partial charge on any atom is 0.0629 e. The van der Waals surface area contributed by atoms with E-state index in [1.165, 1.54) is 16.7 Å². The van der Waals surface area contributed by atoms with E-state index in [0.29, 0.717) is 5.92 Å². The fourth-order valence-electron chi connectivity index (χ4n) is 2.01. The van der Waals surface area contributed by atoms with Gasteiger partial charge in [0.1, 0.15) is 0 Å². The third-order valence-electron chi connectivity index (χ3n) is 3.12. The van der Waals surface area contributed by atoms with Gasteiger partial charge in [-0.1, -0.05) is 44.5 Å².